The van der Waals surface area contributed by atoms with Crippen molar-refractivity contribution in [3.63, 3.8) is 0 Å². The Morgan fingerprint density at radius 2 is 2.20 bits per heavy atom. The number of anilines is 1. The predicted octanol–water partition coefficient (Wildman–Crippen LogP) is 2.42. The van der Waals surface area contributed by atoms with Crippen LogP contribution in [0.5, 0.6) is 0 Å². The molecule has 20 heavy (non-hydrogen) atoms. The Hall–Kier alpha value is -2.70. The summed E-state index contributed by atoms with van der Waals surface area (Å²) in [6, 6.07) is 6.56. The normalized spacial score (nSPS) is 12.1. The van der Waals surface area contributed by atoms with Crippen molar-refractivity contribution in [2.75, 3.05) is 5.32 Å². The van der Waals surface area contributed by atoms with Gasteiger partial charge in [-0.25, -0.2) is 4.98 Å². The number of carboxylic acids is 1. The van der Waals surface area contributed by atoms with Gasteiger partial charge in [-0.05, 0) is 13.0 Å². The highest BCUT2D eigenvalue weighted by Gasteiger charge is 2.20. The molecule has 1 heterocycles. The molecule has 1 unspecified atom stereocenters. The minimum atomic E-state index is -0.967. The molecule has 0 bridgehead atoms. The summed E-state index contributed by atoms with van der Waals surface area (Å²) in [6.07, 6.45) is 1.05. The smallest absolute Gasteiger partial charge is 0.311 e. The molecule has 2 N–H and O–H groups in total. The SMILES string of the molecule is CC(CC(=O)O)Nc1c([N+](=O)[O-])cnc2ccccc12. The number of fused-ring (bicyclic) bond motifs is 1. The molecule has 7 nitrogen and oxygen atoms in total. The molecule has 0 saturated heterocycles. The summed E-state index contributed by atoms with van der Waals surface area (Å²) in [5.41, 5.74) is 0.749. The number of nitrogens with zero attached hydrogens (tertiary/aromatic N) is 2. The van der Waals surface area contributed by atoms with E-state index in [1.165, 1.54) is 6.20 Å². The van der Waals surface area contributed by atoms with Gasteiger partial charge in [0.2, 0.25) is 0 Å². The highest BCUT2D eigenvalue weighted by atomic mass is 16.6. The Morgan fingerprint density at radius 1 is 1.50 bits per heavy atom. The average Bonchev–Trinajstić information content (AvgIpc) is 2.37. The van der Waals surface area contributed by atoms with Crippen LogP contribution in [-0.2, 0) is 4.79 Å². The maximum atomic E-state index is 11.1. The first kappa shape index (κ1) is 13.7. The number of para-hydroxylation sites is 1. The van der Waals surface area contributed by atoms with Gasteiger partial charge in [-0.3, -0.25) is 14.9 Å². The Morgan fingerprint density at radius 3 is 2.85 bits per heavy atom. The molecule has 0 spiro atoms. The number of hydrogen-bond donors (Lipinski definition) is 2. The number of hydrogen-bond acceptors (Lipinski definition) is 5. The molecule has 0 saturated carbocycles. The van der Waals surface area contributed by atoms with Crippen LogP contribution in [-0.4, -0.2) is 27.0 Å². The summed E-state index contributed by atoms with van der Waals surface area (Å²) in [7, 11) is 0. The largest absolute Gasteiger partial charge is 0.481 e. The van der Waals surface area contributed by atoms with E-state index in [1.807, 2.05) is 0 Å². The fourth-order valence-corrected chi connectivity index (χ4v) is 1.98. The highest BCUT2D eigenvalue weighted by Crippen LogP contribution is 2.32. The number of nitro groups is 1. The number of nitrogens with one attached hydrogen (secondary N) is 1. The molecule has 0 amide bonds. The first-order chi connectivity index (χ1) is 9.49. The first-order valence-electron chi connectivity index (χ1n) is 5.99. The number of carboxylic acid groups (broad SMARTS) is 1. The number of benzene rings is 1. The van der Waals surface area contributed by atoms with Crippen molar-refractivity contribution < 1.29 is 14.8 Å². The molecule has 104 valence electrons. The third-order valence-electron chi connectivity index (χ3n) is 2.82. The van der Waals surface area contributed by atoms with Crippen LogP contribution >= 0.6 is 0 Å². The topological polar surface area (TPSA) is 105 Å². The van der Waals surface area contributed by atoms with Crippen molar-refractivity contribution in [1.29, 1.82) is 0 Å². The van der Waals surface area contributed by atoms with E-state index in [2.05, 4.69) is 10.3 Å². The van der Waals surface area contributed by atoms with Gasteiger partial charge in [0, 0.05) is 11.4 Å². The zero-order valence-electron chi connectivity index (χ0n) is 10.7. The second kappa shape index (κ2) is 5.52. The average molecular weight is 275 g/mol. The lowest BCUT2D eigenvalue weighted by molar-refractivity contribution is -0.384. The molecule has 0 fully saturated rings. The zero-order valence-corrected chi connectivity index (χ0v) is 10.7. The zero-order chi connectivity index (χ0) is 14.7. The van der Waals surface area contributed by atoms with Crippen molar-refractivity contribution in [3.05, 3.63) is 40.6 Å². The number of rotatable bonds is 5. The van der Waals surface area contributed by atoms with Gasteiger partial charge in [0.05, 0.1) is 16.9 Å². The van der Waals surface area contributed by atoms with E-state index in [1.54, 1.807) is 31.2 Å². The van der Waals surface area contributed by atoms with E-state index in [0.717, 1.165) is 0 Å². The van der Waals surface area contributed by atoms with E-state index < -0.39 is 16.9 Å². The van der Waals surface area contributed by atoms with Gasteiger partial charge in [0.1, 0.15) is 11.9 Å². The number of aliphatic carboxylic acids is 1. The lowest BCUT2D eigenvalue weighted by atomic mass is 10.1. The Kier molecular flexibility index (Phi) is 3.79. The number of carbonyl (C=O) groups is 1. The van der Waals surface area contributed by atoms with Crippen LogP contribution in [0.1, 0.15) is 13.3 Å². The van der Waals surface area contributed by atoms with Gasteiger partial charge in [-0.2, -0.15) is 0 Å². The molecular formula is C13H13N3O4. The van der Waals surface area contributed by atoms with Crippen molar-refractivity contribution in [2.45, 2.75) is 19.4 Å². The quantitative estimate of drug-likeness (QED) is 0.641. The van der Waals surface area contributed by atoms with Crippen molar-refractivity contribution in [2.24, 2.45) is 0 Å². The molecular weight excluding hydrogens is 262 g/mol. The summed E-state index contributed by atoms with van der Waals surface area (Å²) in [5.74, 6) is -0.967. The summed E-state index contributed by atoms with van der Waals surface area (Å²) < 4.78 is 0. The van der Waals surface area contributed by atoms with Gasteiger partial charge < -0.3 is 10.4 Å². The summed E-state index contributed by atoms with van der Waals surface area (Å²) in [4.78, 5) is 25.3. The Bertz CT molecular complexity index is 672. The molecule has 0 radical (unpaired) electrons. The van der Waals surface area contributed by atoms with Gasteiger partial charge in [0.15, 0.2) is 0 Å². The molecule has 7 heteroatoms. The molecule has 0 aliphatic rings. The number of pyridine rings is 1. The summed E-state index contributed by atoms with van der Waals surface area (Å²) in [5, 5.41) is 23.3. The fourth-order valence-electron chi connectivity index (χ4n) is 1.98. The Labute approximate surface area is 114 Å². The van der Waals surface area contributed by atoms with E-state index in [9.17, 15) is 14.9 Å². The van der Waals surface area contributed by atoms with Gasteiger partial charge in [0.25, 0.3) is 0 Å². The van der Waals surface area contributed by atoms with Crippen LogP contribution in [0, 0.1) is 10.1 Å². The van der Waals surface area contributed by atoms with Crippen LogP contribution in [0.25, 0.3) is 10.9 Å². The van der Waals surface area contributed by atoms with Crippen molar-refractivity contribution in [1.82, 2.24) is 4.98 Å². The second-order valence-corrected chi connectivity index (χ2v) is 4.44. The lowest BCUT2D eigenvalue weighted by Crippen LogP contribution is -2.20. The third kappa shape index (κ3) is 2.82. The minimum Gasteiger partial charge on any atom is -0.481 e. The van der Waals surface area contributed by atoms with Gasteiger partial charge >= 0.3 is 11.7 Å². The maximum absolute atomic E-state index is 11.1. The van der Waals surface area contributed by atoms with Crippen LogP contribution in [0.15, 0.2) is 30.5 Å². The van der Waals surface area contributed by atoms with Crippen molar-refractivity contribution in [3.8, 4) is 0 Å². The minimum absolute atomic E-state index is 0.131. The highest BCUT2D eigenvalue weighted by molar-refractivity contribution is 5.95. The third-order valence-corrected chi connectivity index (χ3v) is 2.82. The molecule has 2 rings (SSSR count). The fraction of sp³-hybridized carbons (Fsp3) is 0.231. The van der Waals surface area contributed by atoms with Gasteiger partial charge in [-0.1, -0.05) is 18.2 Å². The second-order valence-electron chi connectivity index (χ2n) is 4.44. The molecule has 1 atom stereocenters. The van der Waals surface area contributed by atoms with Crippen LogP contribution in [0.4, 0.5) is 11.4 Å². The Balaban J connectivity index is 2.49. The van der Waals surface area contributed by atoms with E-state index >= 15 is 0 Å². The van der Waals surface area contributed by atoms with Crippen LogP contribution in [0.2, 0.25) is 0 Å². The predicted molar refractivity (Wildman–Crippen MR) is 73.7 cm³/mol. The molecule has 1 aromatic heterocycles. The lowest BCUT2D eigenvalue weighted by Gasteiger charge is -2.14. The van der Waals surface area contributed by atoms with E-state index in [4.69, 9.17) is 5.11 Å². The first-order valence-corrected chi connectivity index (χ1v) is 5.99. The molecule has 1 aromatic carbocycles. The standard InChI is InChI=1S/C13H13N3O4/c1-8(6-12(17)18)15-13-9-4-2-3-5-10(9)14-7-11(13)16(19)20/h2-5,7-8H,6H2,1H3,(H,14,15)(H,17,18). The van der Waals surface area contributed by atoms with Crippen LogP contribution < -0.4 is 5.32 Å². The monoisotopic (exact) mass is 275 g/mol. The summed E-state index contributed by atoms with van der Waals surface area (Å²) in [6.45, 7) is 1.66. The molecule has 0 aliphatic carbocycles. The van der Waals surface area contributed by atoms with E-state index in [0.29, 0.717) is 16.6 Å². The van der Waals surface area contributed by atoms with E-state index in [-0.39, 0.29) is 12.1 Å². The molecule has 0 aliphatic heterocycles. The molecule has 2 aromatic rings. The summed E-state index contributed by atoms with van der Waals surface area (Å²) >= 11 is 0. The van der Waals surface area contributed by atoms with Crippen molar-refractivity contribution >= 4 is 28.2 Å². The van der Waals surface area contributed by atoms with Crippen LogP contribution in [0.3, 0.4) is 0 Å². The maximum Gasteiger partial charge on any atom is 0.311 e. The van der Waals surface area contributed by atoms with Gasteiger partial charge in [-0.15, -0.1) is 0 Å². The number of aromatic nitrogens is 1.